The van der Waals surface area contributed by atoms with Crippen LogP contribution in [-0.4, -0.2) is 34.1 Å². The van der Waals surface area contributed by atoms with Crippen LogP contribution in [-0.2, 0) is 9.53 Å². The Bertz CT molecular complexity index is 1110. The van der Waals surface area contributed by atoms with Crippen LogP contribution in [0.4, 0.5) is 11.6 Å². The van der Waals surface area contributed by atoms with Crippen LogP contribution in [0.15, 0.2) is 36.8 Å². The number of rotatable bonds is 4. The molecule has 154 valence electrons. The molecule has 1 aliphatic heterocycles. The van der Waals surface area contributed by atoms with Crippen molar-refractivity contribution in [1.82, 2.24) is 15.0 Å². The maximum Gasteiger partial charge on any atom is 0.228 e. The zero-order valence-electron chi connectivity index (χ0n) is 17.0. The van der Waals surface area contributed by atoms with Gasteiger partial charge in [-0.3, -0.25) is 9.78 Å². The highest BCUT2D eigenvalue weighted by atomic mass is 16.5. The van der Waals surface area contributed by atoms with E-state index in [4.69, 9.17) is 10.5 Å². The molecule has 3 aromatic heterocycles. The lowest BCUT2D eigenvalue weighted by molar-refractivity contribution is -0.117. The van der Waals surface area contributed by atoms with E-state index in [1.807, 2.05) is 25.1 Å². The van der Waals surface area contributed by atoms with Crippen LogP contribution >= 0.6 is 0 Å². The monoisotopic (exact) mass is 403 g/mol. The summed E-state index contributed by atoms with van der Waals surface area (Å²) >= 11 is 0. The van der Waals surface area contributed by atoms with Crippen LogP contribution in [0.5, 0.6) is 0 Å². The SMILES string of the molecule is Cc1ccncc1-c1cc2cc(NC(=O)[C@H]3C[C@@H]3C3CCOCC3)ncc2c(N)n1. The van der Waals surface area contributed by atoms with Gasteiger partial charge < -0.3 is 15.8 Å². The van der Waals surface area contributed by atoms with Crippen molar-refractivity contribution in [3.8, 4) is 11.3 Å². The molecule has 7 heteroatoms. The summed E-state index contributed by atoms with van der Waals surface area (Å²) in [5.41, 5.74) is 8.96. The molecule has 3 N–H and O–H groups in total. The van der Waals surface area contributed by atoms with E-state index in [0.717, 1.165) is 60.1 Å². The van der Waals surface area contributed by atoms with Gasteiger partial charge in [0.25, 0.3) is 0 Å². The van der Waals surface area contributed by atoms with E-state index in [0.29, 0.717) is 23.5 Å². The number of nitrogens with zero attached hydrogens (tertiary/aromatic N) is 3. The number of pyridine rings is 3. The van der Waals surface area contributed by atoms with Gasteiger partial charge in [-0.15, -0.1) is 0 Å². The summed E-state index contributed by atoms with van der Waals surface area (Å²) in [7, 11) is 0. The fraction of sp³-hybridized carbons (Fsp3) is 0.391. The van der Waals surface area contributed by atoms with Gasteiger partial charge >= 0.3 is 0 Å². The van der Waals surface area contributed by atoms with Gasteiger partial charge in [0.1, 0.15) is 11.6 Å². The first-order valence-corrected chi connectivity index (χ1v) is 10.5. The number of aryl methyl sites for hydroxylation is 1. The van der Waals surface area contributed by atoms with E-state index < -0.39 is 0 Å². The zero-order chi connectivity index (χ0) is 20.7. The van der Waals surface area contributed by atoms with Crippen LogP contribution in [0.1, 0.15) is 24.8 Å². The van der Waals surface area contributed by atoms with Gasteiger partial charge in [0.2, 0.25) is 5.91 Å². The first kappa shape index (κ1) is 18.9. The number of nitrogens with one attached hydrogen (secondary N) is 1. The highest BCUT2D eigenvalue weighted by Gasteiger charge is 2.47. The molecule has 2 aliphatic rings. The number of nitrogens with two attached hydrogens (primary N) is 1. The fourth-order valence-corrected chi connectivity index (χ4v) is 4.51. The van der Waals surface area contributed by atoms with Gasteiger partial charge in [-0.05, 0) is 67.2 Å². The van der Waals surface area contributed by atoms with Crippen molar-refractivity contribution in [2.45, 2.75) is 26.2 Å². The smallest absolute Gasteiger partial charge is 0.228 e. The number of hydrogen-bond donors (Lipinski definition) is 2. The maximum absolute atomic E-state index is 12.7. The first-order chi connectivity index (χ1) is 14.6. The minimum atomic E-state index is 0.0590. The van der Waals surface area contributed by atoms with Crippen LogP contribution in [0.2, 0.25) is 0 Å². The molecule has 7 nitrogen and oxygen atoms in total. The number of amides is 1. The van der Waals surface area contributed by atoms with Crippen molar-refractivity contribution in [2.75, 3.05) is 24.3 Å². The van der Waals surface area contributed by atoms with Crippen molar-refractivity contribution in [2.24, 2.45) is 17.8 Å². The van der Waals surface area contributed by atoms with E-state index in [-0.39, 0.29) is 11.8 Å². The second-order valence-corrected chi connectivity index (χ2v) is 8.32. The number of carbonyl (C=O) groups excluding carboxylic acids is 1. The van der Waals surface area contributed by atoms with Crippen molar-refractivity contribution in [3.63, 3.8) is 0 Å². The standard InChI is InChI=1S/C23H25N5O2/c1-13-2-5-25-11-18(13)20-8-15-9-21(26-12-19(15)22(24)27-20)28-23(29)17-10-16(17)14-3-6-30-7-4-14/h2,5,8-9,11-12,14,16-17H,3-4,6-7,10H2,1H3,(H2,24,27)(H,26,28,29)/t16-,17+/m1/s1. The Morgan fingerprint density at radius 1 is 1.23 bits per heavy atom. The average Bonchev–Trinajstić information content (AvgIpc) is 3.56. The molecule has 1 amide bonds. The van der Waals surface area contributed by atoms with Gasteiger partial charge in [0, 0.05) is 48.7 Å². The number of aromatic nitrogens is 3. The molecule has 4 heterocycles. The number of nitrogen functional groups attached to an aromatic ring is 1. The third kappa shape index (κ3) is 3.61. The molecule has 2 atom stereocenters. The summed E-state index contributed by atoms with van der Waals surface area (Å²) in [5.74, 6) is 2.19. The largest absolute Gasteiger partial charge is 0.383 e. The van der Waals surface area contributed by atoms with E-state index in [1.165, 1.54) is 0 Å². The van der Waals surface area contributed by atoms with Crippen LogP contribution in [0.3, 0.4) is 0 Å². The predicted molar refractivity (Wildman–Crippen MR) is 116 cm³/mol. The Kier molecular flexibility index (Phi) is 4.83. The third-order valence-electron chi connectivity index (χ3n) is 6.36. The van der Waals surface area contributed by atoms with E-state index in [1.54, 1.807) is 18.6 Å². The summed E-state index contributed by atoms with van der Waals surface area (Å²) in [6.07, 6.45) is 8.31. The minimum Gasteiger partial charge on any atom is -0.383 e. The molecule has 1 saturated carbocycles. The van der Waals surface area contributed by atoms with Crippen molar-refractivity contribution in [3.05, 3.63) is 42.4 Å². The number of carbonyl (C=O) groups is 1. The normalized spacial score (nSPS) is 21.5. The predicted octanol–water partition coefficient (Wildman–Crippen LogP) is 3.58. The molecule has 30 heavy (non-hydrogen) atoms. The summed E-state index contributed by atoms with van der Waals surface area (Å²) in [6.45, 7) is 3.65. The van der Waals surface area contributed by atoms with Crippen molar-refractivity contribution >= 4 is 28.3 Å². The molecule has 1 aliphatic carbocycles. The van der Waals surface area contributed by atoms with Gasteiger partial charge in [-0.2, -0.15) is 0 Å². The molecule has 0 spiro atoms. The van der Waals surface area contributed by atoms with Crippen LogP contribution < -0.4 is 11.1 Å². The van der Waals surface area contributed by atoms with Crippen LogP contribution in [0.25, 0.3) is 22.0 Å². The van der Waals surface area contributed by atoms with Gasteiger partial charge in [-0.25, -0.2) is 9.97 Å². The lowest BCUT2D eigenvalue weighted by atomic mass is 9.93. The molecule has 5 rings (SSSR count). The summed E-state index contributed by atoms with van der Waals surface area (Å²) in [5, 5.41) is 4.66. The van der Waals surface area contributed by atoms with E-state index >= 15 is 0 Å². The first-order valence-electron chi connectivity index (χ1n) is 10.5. The Labute approximate surface area is 175 Å². The number of fused-ring (bicyclic) bond motifs is 1. The van der Waals surface area contributed by atoms with Gasteiger partial charge in [-0.1, -0.05) is 0 Å². The number of hydrogen-bond acceptors (Lipinski definition) is 6. The molecule has 0 radical (unpaired) electrons. The summed E-state index contributed by atoms with van der Waals surface area (Å²) in [6, 6.07) is 5.78. The summed E-state index contributed by atoms with van der Waals surface area (Å²) in [4.78, 5) is 25.9. The molecule has 0 bridgehead atoms. The highest BCUT2D eigenvalue weighted by molar-refractivity contribution is 5.98. The number of ether oxygens (including phenoxy) is 1. The summed E-state index contributed by atoms with van der Waals surface area (Å²) < 4.78 is 5.44. The van der Waals surface area contributed by atoms with Gasteiger partial charge in [0.05, 0.1) is 5.69 Å². The van der Waals surface area contributed by atoms with Crippen molar-refractivity contribution in [1.29, 1.82) is 0 Å². The topological polar surface area (TPSA) is 103 Å². The second kappa shape index (κ2) is 7.65. The Hall–Kier alpha value is -3.06. The Morgan fingerprint density at radius 2 is 2.07 bits per heavy atom. The molecule has 2 fully saturated rings. The van der Waals surface area contributed by atoms with E-state index in [9.17, 15) is 4.79 Å². The van der Waals surface area contributed by atoms with Crippen molar-refractivity contribution < 1.29 is 9.53 Å². The molecular formula is C23H25N5O2. The van der Waals surface area contributed by atoms with Crippen LogP contribution in [0, 0.1) is 24.7 Å². The van der Waals surface area contributed by atoms with Gasteiger partial charge in [0.15, 0.2) is 0 Å². The minimum absolute atomic E-state index is 0.0590. The Morgan fingerprint density at radius 3 is 2.87 bits per heavy atom. The molecule has 0 aromatic carbocycles. The highest BCUT2D eigenvalue weighted by Crippen LogP contribution is 2.48. The quantitative estimate of drug-likeness (QED) is 0.690. The number of anilines is 2. The third-order valence-corrected chi connectivity index (χ3v) is 6.36. The fourth-order valence-electron chi connectivity index (χ4n) is 4.51. The molecular weight excluding hydrogens is 378 g/mol. The zero-order valence-corrected chi connectivity index (χ0v) is 17.0. The Balaban J connectivity index is 1.37. The second-order valence-electron chi connectivity index (χ2n) is 8.32. The molecule has 0 unspecified atom stereocenters. The lowest BCUT2D eigenvalue weighted by Crippen LogP contribution is -2.21. The molecule has 1 saturated heterocycles. The maximum atomic E-state index is 12.7. The molecule has 3 aromatic rings. The van der Waals surface area contributed by atoms with E-state index in [2.05, 4.69) is 20.3 Å². The average molecular weight is 403 g/mol. The lowest BCUT2D eigenvalue weighted by Gasteiger charge is -2.21.